The van der Waals surface area contributed by atoms with Crippen molar-refractivity contribution in [1.82, 2.24) is 10.8 Å². The minimum Gasteiger partial charge on any atom is -0.460 e. The predicted molar refractivity (Wildman–Crippen MR) is 97.0 cm³/mol. The highest BCUT2D eigenvalue weighted by atomic mass is 19.4. The number of hydroxylamine groups is 1. The Labute approximate surface area is 166 Å². The van der Waals surface area contributed by atoms with Crippen LogP contribution in [-0.2, 0) is 30.6 Å². The summed E-state index contributed by atoms with van der Waals surface area (Å²) in [5.74, 6) is -3.42. The lowest BCUT2D eigenvalue weighted by atomic mass is 9.98. The summed E-state index contributed by atoms with van der Waals surface area (Å²) in [4.78, 5) is 39.9. The number of carbonyl (C=O) groups excluding carboxylic acids is 3. The molecule has 0 aromatic heterocycles. The van der Waals surface area contributed by atoms with Crippen LogP contribution in [0.3, 0.4) is 0 Å². The highest BCUT2D eigenvalue weighted by Gasteiger charge is 2.38. The van der Waals surface area contributed by atoms with Gasteiger partial charge in [0, 0.05) is 6.54 Å². The Morgan fingerprint density at radius 2 is 1.69 bits per heavy atom. The third-order valence-electron chi connectivity index (χ3n) is 3.63. The van der Waals surface area contributed by atoms with Crippen molar-refractivity contribution in [1.29, 1.82) is 0 Å². The maximum absolute atomic E-state index is 12.3. The van der Waals surface area contributed by atoms with E-state index in [4.69, 9.17) is 9.57 Å². The van der Waals surface area contributed by atoms with E-state index in [2.05, 4.69) is 5.48 Å². The minimum atomic E-state index is -4.98. The molecule has 10 heteroatoms. The van der Waals surface area contributed by atoms with E-state index in [0.29, 0.717) is 0 Å². The first-order valence-electron chi connectivity index (χ1n) is 8.93. The summed E-state index contributed by atoms with van der Waals surface area (Å²) in [5, 5.41) is 1.71. The number of carbonyl (C=O) groups is 3. The predicted octanol–water partition coefficient (Wildman–Crippen LogP) is 2.65. The molecule has 162 valence electrons. The third kappa shape index (κ3) is 9.42. The smallest absolute Gasteiger partial charge is 0.460 e. The Bertz CT molecular complexity index is 687. The first-order chi connectivity index (χ1) is 13.4. The number of amides is 1. The second-order valence-corrected chi connectivity index (χ2v) is 7.30. The summed E-state index contributed by atoms with van der Waals surface area (Å²) in [7, 11) is 0. The van der Waals surface area contributed by atoms with Gasteiger partial charge < -0.3 is 14.9 Å². The van der Waals surface area contributed by atoms with Crippen molar-refractivity contribution in [3.05, 3.63) is 35.9 Å². The summed E-state index contributed by atoms with van der Waals surface area (Å²) < 4.78 is 41.8. The first kappa shape index (κ1) is 24.4. The van der Waals surface area contributed by atoms with Crippen molar-refractivity contribution in [3.8, 4) is 0 Å². The number of rotatable bonds is 9. The molecular weight excluding hydrogens is 393 g/mol. The largest absolute Gasteiger partial charge is 0.471 e. The standard InChI is InChI=1S/C19H25F3N2O5/c1-18(2,3)17(27)29-24-14(10-7-11-23-16(26)19(20,21)22)15(25)28-12-13-8-5-4-6-9-13/h4-6,8-9,14,24H,7,10-12H2,1-3H3,(H,23,26)/t14-/m0/s1. The number of benzene rings is 1. The van der Waals surface area contributed by atoms with E-state index < -0.39 is 35.5 Å². The average Bonchev–Trinajstić information content (AvgIpc) is 2.64. The van der Waals surface area contributed by atoms with Crippen LogP contribution < -0.4 is 10.8 Å². The maximum Gasteiger partial charge on any atom is 0.471 e. The molecule has 0 aliphatic rings. The van der Waals surface area contributed by atoms with Crippen molar-refractivity contribution in [3.63, 3.8) is 0 Å². The van der Waals surface area contributed by atoms with Crippen LogP contribution in [0.4, 0.5) is 13.2 Å². The number of ether oxygens (including phenoxy) is 1. The number of esters is 1. The van der Waals surface area contributed by atoms with Crippen molar-refractivity contribution in [2.45, 2.75) is 52.4 Å². The highest BCUT2D eigenvalue weighted by Crippen LogP contribution is 2.15. The molecule has 0 aliphatic heterocycles. The monoisotopic (exact) mass is 418 g/mol. The van der Waals surface area contributed by atoms with Gasteiger partial charge in [-0.1, -0.05) is 30.3 Å². The molecule has 0 aliphatic carbocycles. The SMILES string of the molecule is CC(C)(C)C(=O)ON[C@@H](CCCNC(=O)C(F)(F)F)C(=O)OCc1ccccc1. The Morgan fingerprint density at radius 1 is 1.07 bits per heavy atom. The molecule has 0 fully saturated rings. The highest BCUT2D eigenvalue weighted by molar-refractivity contribution is 5.81. The van der Waals surface area contributed by atoms with Crippen LogP contribution in [0, 0.1) is 5.41 Å². The van der Waals surface area contributed by atoms with Gasteiger partial charge in [-0.3, -0.25) is 9.59 Å². The van der Waals surface area contributed by atoms with E-state index in [9.17, 15) is 27.6 Å². The van der Waals surface area contributed by atoms with E-state index in [-0.39, 0.29) is 26.0 Å². The van der Waals surface area contributed by atoms with Crippen LogP contribution >= 0.6 is 0 Å². The Morgan fingerprint density at radius 3 is 2.24 bits per heavy atom. The van der Waals surface area contributed by atoms with E-state index in [0.717, 1.165) is 5.56 Å². The van der Waals surface area contributed by atoms with Crippen LogP contribution in [0.5, 0.6) is 0 Å². The molecule has 2 N–H and O–H groups in total. The van der Waals surface area contributed by atoms with Gasteiger partial charge in [0.25, 0.3) is 0 Å². The number of halogens is 3. The lowest BCUT2D eigenvalue weighted by Gasteiger charge is -2.21. The van der Waals surface area contributed by atoms with E-state index in [1.54, 1.807) is 56.4 Å². The van der Waals surface area contributed by atoms with Crippen molar-refractivity contribution >= 4 is 17.8 Å². The molecule has 7 nitrogen and oxygen atoms in total. The normalized spacial score (nSPS) is 12.8. The zero-order valence-electron chi connectivity index (χ0n) is 16.5. The molecule has 29 heavy (non-hydrogen) atoms. The number of alkyl halides is 3. The molecule has 1 aromatic rings. The number of hydrogen-bond acceptors (Lipinski definition) is 6. The van der Waals surface area contributed by atoms with Crippen LogP contribution in [0.1, 0.15) is 39.2 Å². The first-order valence-corrected chi connectivity index (χ1v) is 8.93. The average molecular weight is 418 g/mol. The van der Waals surface area contributed by atoms with Gasteiger partial charge in [-0.25, -0.2) is 4.79 Å². The molecule has 1 aromatic carbocycles. The van der Waals surface area contributed by atoms with Gasteiger partial charge in [0.05, 0.1) is 5.41 Å². The zero-order valence-corrected chi connectivity index (χ0v) is 16.5. The second kappa shape index (κ2) is 10.8. The van der Waals surface area contributed by atoms with Gasteiger partial charge in [-0.05, 0) is 39.2 Å². The summed E-state index contributed by atoms with van der Waals surface area (Å²) in [6.45, 7) is 4.52. The number of nitrogens with one attached hydrogen (secondary N) is 2. The molecule has 0 saturated heterocycles. The van der Waals surface area contributed by atoms with E-state index in [1.807, 2.05) is 0 Å². The maximum atomic E-state index is 12.3. The lowest BCUT2D eigenvalue weighted by molar-refractivity contribution is -0.173. The summed E-state index contributed by atoms with van der Waals surface area (Å²) in [6.07, 6.45) is -4.98. The van der Waals surface area contributed by atoms with Crippen molar-refractivity contribution in [2.75, 3.05) is 6.54 Å². The summed E-state index contributed by atoms with van der Waals surface area (Å²) in [5.41, 5.74) is 2.23. The second-order valence-electron chi connectivity index (χ2n) is 7.30. The Balaban J connectivity index is 2.61. The zero-order chi connectivity index (χ0) is 22.1. The summed E-state index contributed by atoms with van der Waals surface area (Å²) >= 11 is 0. The van der Waals surface area contributed by atoms with Crippen molar-refractivity contribution in [2.24, 2.45) is 5.41 Å². The molecule has 0 saturated carbocycles. The fourth-order valence-electron chi connectivity index (χ4n) is 1.94. The minimum absolute atomic E-state index is 0.0180. The van der Waals surface area contributed by atoms with Gasteiger partial charge >= 0.3 is 24.0 Å². The lowest BCUT2D eigenvalue weighted by Crippen LogP contribution is -2.42. The molecule has 0 heterocycles. The molecule has 0 unspecified atom stereocenters. The van der Waals surface area contributed by atoms with Gasteiger partial charge in [-0.2, -0.15) is 13.2 Å². The molecule has 0 spiro atoms. The van der Waals surface area contributed by atoms with Gasteiger partial charge in [0.15, 0.2) is 0 Å². The van der Waals surface area contributed by atoms with Crippen LogP contribution in [0.15, 0.2) is 30.3 Å². The third-order valence-corrected chi connectivity index (χ3v) is 3.63. The quantitative estimate of drug-likeness (QED) is 0.364. The molecule has 0 bridgehead atoms. The van der Waals surface area contributed by atoms with Gasteiger partial charge in [0.1, 0.15) is 12.6 Å². The van der Waals surface area contributed by atoms with Gasteiger partial charge in [0.2, 0.25) is 0 Å². The summed E-state index contributed by atoms with van der Waals surface area (Å²) in [6, 6.07) is 7.74. The molecule has 0 radical (unpaired) electrons. The topological polar surface area (TPSA) is 93.7 Å². The Hall–Kier alpha value is -2.62. The number of hydrogen-bond donors (Lipinski definition) is 2. The molecule has 1 rings (SSSR count). The van der Waals surface area contributed by atoms with E-state index >= 15 is 0 Å². The van der Waals surface area contributed by atoms with Crippen LogP contribution in [0.25, 0.3) is 0 Å². The van der Waals surface area contributed by atoms with Gasteiger partial charge in [-0.15, -0.1) is 5.48 Å². The molecular formula is C19H25F3N2O5. The fourth-order valence-corrected chi connectivity index (χ4v) is 1.94. The molecule has 1 atom stereocenters. The fraction of sp³-hybridized carbons (Fsp3) is 0.526. The van der Waals surface area contributed by atoms with Crippen molar-refractivity contribution < 1.29 is 37.1 Å². The van der Waals surface area contributed by atoms with Crippen LogP contribution in [-0.4, -0.2) is 36.6 Å². The molecule has 1 amide bonds. The van der Waals surface area contributed by atoms with E-state index in [1.165, 1.54) is 0 Å². The van der Waals surface area contributed by atoms with Crippen LogP contribution in [0.2, 0.25) is 0 Å². The Kier molecular flexibility index (Phi) is 9.09.